The molecule has 0 saturated carbocycles. The van der Waals surface area contributed by atoms with Gasteiger partial charge in [-0.05, 0) is 36.3 Å². The minimum absolute atomic E-state index is 0.0434. The number of hydrogen-bond acceptors (Lipinski definition) is 3. The molecule has 1 rings (SSSR count). The molecule has 0 heterocycles. The van der Waals surface area contributed by atoms with Crippen LogP contribution in [0.2, 0.25) is 0 Å². The number of nitrogens with one attached hydrogen (secondary N) is 1. The smallest absolute Gasteiger partial charge is 0.163 e. The minimum atomic E-state index is -0.188. The molecule has 0 bridgehead atoms. The quantitative estimate of drug-likeness (QED) is 0.549. The van der Waals surface area contributed by atoms with Crippen molar-refractivity contribution in [3.8, 4) is 5.75 Å². The highest BCUT2D eigenvalue weighted by atomic mass is 32.1. The van der Waals surface area contributed by atoms with Gasteiger partial charge in [0, 0.05) is 0 Å². The summed E-state index contributed by atoms with van der Waals surface area (Å²) in [7, 11) is 0. The summed E-state index contributed by atoms with van der Waals surface area (Å²) in [5.74, 6) is 0.224. The van der Waals surface area contributed by atoms with Gasteiger partial charge < -0.3 is 21.3 Å². The Balaban J connectivity index is 2.58. The van der Waals surface area contributed by atoms with Crippen molar-refractivity contribution in [3.05, 3.63) is 29.8 Å². The monoisotopic (exact) mass is 226 g/mol. The molecule has 0 saturated heterocycles. The molecule has 82 valence electrons. The molecule has 4 nitrogen and oxygen atoms in total. The minimum Gasteiger partial charge on any atom is -0.508 e. The number of thiocarbonyl (C=S) groups is 1. The summed E-state index contributed by atoms with van der Waals surface area (Å²) in [5, 5.41) is 21.1. The average molecular weight is 226 g/mol. The third-order valence-corrected chi connectivity index (χ3v) is 2.10. The van der Waals surface area contributed by atoms with Crippen LogP contribution in [0.3, 0.4) is 0 Å². The Morgan fingerprint density at radius 3 is 2.47 bits per heavy atom. The van der Waals surface area contributed by atoms with Crippen LogP contribution in [-0.4, -0.2) is 28.0 Å². The first kappa shape index (κ1) is 11.7. The van der Waals surface area contributed by atoms with Crippen LogP contribution in [0.1, 0.15) is 5.56 Å². The van der Waals surface area contributed by atoms with Gasteiger partial charge in [-0.2, -0.15) is 0 Å². The Hall–Kier alpha value is -1.33. The van der Waals surface area contributed by atoms with Gasteiger partial charge in [-0.1, -0.05) is 12.1 Å². The first-order valence-electron chi connectivity index (χ1n) is 4.56. The fourth-order valence-electron chi connectivity index (χ4n) is 1.28. The van der Waals surface area contributed by atoms with Gasteiger partial charge in [0.1, 0.15) is 5.75 Å². The fraction of sp³-hybridized carbons (Fsp3) is 0.300. The van der Waals surface area contributed by atoms with Gasteiger partial charge >= 0.3 is 0 Å². The van der Waals surface area contributed by atoms with E-state index in [1.165, 1.54) is 0 Å². The zero-order chi connectivity index (χ0) is 11.3. The van der Waals surface area contributed by atoms with E-state index in [9.17, 15) is 0 Å². The largest absolute Gasteiger partial charge is 0.508 e. The maximum atomic E-state index is 9.09. The van der Waals surface area contributed by atoms with Gasteiger partial charge in [-0.3, -0.25) is 0 Å². The second-order valence-corrected chi connectivity index (χ2v) is 3.70. The zero-order valence-corrected chi connectivity index (χ0v) is 9.00. The van der Waals surface area contributed by atoms with Gasteiger partial charge in [0.25, 0.3) is 0 Å². The lowest BCUT2D eigenvalue weighted by atomic mass is 10.1. The van der Waals surface area contributed by atoms with Crippen LogP contribution in [0.5, 0.6) is 5.75 Å². The molecule has 5 heteroatoms. The number of aliphatic hydroxyl groups excluding tert-OH is 1. The van der Waals surface area contributed by atoms with Crippen molar-refractivity contribution in [2.75, 3.05) is 6.61 Å². The zero-order valence-electron chi connectivity index (χ0n) is 8.18. The Morgan fingerprint density at radius 2 is 2.00 bits per heavy atom. The molecule has 5 N–H and O–H groups in total. The van der Waals surface area contributed by atoms with Gasteiger partial charge in [0.05, 0.1) is 12.6 Å². The Bertz CT molecular complexity index is 327. The number of aromatic hydroxyl groups is 1. The maximum absolute atomic E-state index is 9.09. The number of hydrogen-bond donors (Lipinski definition) is 4. The molecule has 0 spiro atoms. The lowest BCUT2D eigenvalue weighted by Crippen LogP contribution is -2.41. The first-order chi connectivity index (χ1) is 7.11. The Kier molecular flexibility index (Phi) is 4.33. The summed E-state index contributed by atoms with van der Waals surface area (Å²) < 4.78 is 0. The highest BCUT2D eigenvalue weighted by Gasteiger charge is 2.08. The van der Waals surface area contributed by atoms with E-state index in [4.69, 9.17) is 28.2 Å². The van der Waals surface area contributed by atoms with E-state index in [0.29, 0.717) is 6.42 Å². The standard InChI is InChI=1S/C10H14N2O2S/c11-10(15)12-8(6-13)5-7-1-3-9(14)4-2-7/h1-4,8,13-14H,5-6H2,(H3,11,12,15)/t8-/m1/s1. The van der Waals surface area contributed by atoms with Crippen molar-refractivity contribution >= 4 is 17.3 Å². The molecular weight excluding hydrogens is 212 g/mol. The van der Waals surface area contributed by atoms with Crippen molar-refractivity contribution in [3.63, 3.8) is 0 Å². The number of nitrogens with two attached hydrogens (primary N) is 1. The molecule has 0 fully saturated rings. The van der Waals surface area contributed by atoms with Crippen molar-refractivity contribution in [2.45, 2.75) is 12.5 Å². The predicted octanol–water partition coefficient (Wildman–Crippen LogP) is 0.129. The van der Waals surface area contributed by atoms with Gasteiger partial charge in [0.2, 0.25) is 0 Å². The number of rotatable bonds is 4. The van der Waals surface area contributed by atoms with Crippen molar-refractivity contribution in [1.29, 1.82) is 0 Å². The van der Waals surface area contributed by atoms with Gasteiger partial charge in [-0.25, -0.2) is 0 Å². The van der Waals surface area contributed by atoms with E-state index in [0.717, 1.165) is 5.56 Å². The molecule has 1 aromatic rings. The summed E-state index contributed by atoms with van der Waals surface area (Å²) in [6.45, 7) is -0.0434. The summed E-state index contributed by atoms with van der Waals surface area (Å²) >= 11 is 4.69. The molecule has 0 unspecified atom stereocenters. The summed E-state index contributed by atoms with van der Waals surface area (Å²) in [6.07, 6.45) is 0.605. The van der Waals surface area contributed by atoms with E-state index < -0.39 is 0 Å². The number of aliphatic hydroxyl groups is 1. The molecule has 0 aliphatic heterocycles. The Morgan fingerprint density at radius 1 is 1.40 bits per heavy atom. The van der Waals surface area contributed by atoms with Crippen LogP contribution in [-0.2, 0) is 6.42 Å². The molecule has 1 aromatic carbocycles. The first-order valence-corrected chi connectivity index (χ1v) is 4.97. The third-order valence-electron chi connectivity index (χ3n) is 1.99. The van der Waals surface area contributed by atoms with E-state index in [-0.39, 0.29) is 23.5 Å². The molecule has 0 aliphatic rings. The number of phenols is 1. The number of benzene rings is 1. The summed E-state index contributed by atoms with van der Waals surface area (Å²) in [4.78, 5) is 0. The van der Waals surface area contributed by atoms with Crippen LogP contribution in [0, 0.1) is 0 Å². The summed E-state index contributed by atoms with van der Waals surface area (Å²) in [5.41, 5.74) is 6.31. The van der Waals surface area contributed by atoms with Crippen molar-refractivity contribution in [1.82, 2.24) is 5.32 Å². The lowest BCUT2D eigenvalue weighted by Gasteiger charge is -2.16. The Labute approximate surface area is 93.7 Å². The molecule has 1 atom stereocenters. The number of phenolic OH excluding ortho intramolecular Hbond substituents is 1. The SMILES string of the molecule is NC(=S)N[C@@H](CO)Cc1ccc(O)cc1. The van der Waals surface area contributed by atoms with Crippen LogP contribution in [0.25, 0.3) is 0 Å². The summed E-state index contributed by atoms with van der Waals surface area (Å²) in [6, 6.07) is 6.60. The van der Waals surface area contributed by atoms with Crippen LogP contribution in [0.4, 0.5) is 0 Å². The van der Waals surface area contributed by atoms with E-state index in [1.54, 1.807) is 24.3 Å². The average Bonchev–Trinajstić information content (AvgIpc) is 2.19. The third kappa shape index (κ3) is 4.14. The lowest BCUT2D eigenvalue weighted by molar-refractivity contribution is 0.255. The molecule has 0 aliphatic carbocycles. The maximum Gasteiger partial charge on any atom is 0.163 e. The van der Waals surface area contributed by atoms with Gasteiger partial charge in [0.15, 0.2) is 5.11 Å². The van der Waals surface area contributed by atoms with Crippen LogP contribution in [0.15, 0.2) is 24.3 Å². The molecular formula is C10H14N2O2S. The van der Waals surface area contributed by atoms with E-state index in [2.05, 4.69) is 5.32 Å². The molecule has 0 aromatic heterocycles. The predicted molar refractivity (Wildman–Crippen MR) is 62.6 cm³/mol. The molecule has 0 radical (unpaired) electrons. The van der Waals surface area contributed by atoms with Gasteiger partial charge in [-0.15, -0.1) is 0 Å². The van der Waals surface area contributed by atoms with E-state index >= 15 is 0 Å². The second kappa shape index (κ2) is 5.53. The van der Waals surface area contributed by atoms with Crippen LogP contribution < -0.4 is 11.1 Å². The van der Waals surface area contributed by atoms with Crippen LogP contribution >= 0.6 is 12.2 Å². The fourth-order valence-corrected chi connectivity index (χ4v) is 1.45. The highest BCUT2D eigenvalue weighted by Crippen LogP contribution is 2.11. The van der Waals surface area contributed by atoms with Crippen molar-refractivity contribution < 1.29 is 10.2 Å². The van der Waals surface area contributed by atoms with E-state index in [1.807, 2.05) is 0 Å². The molecule has 15 heavy (non-hydrogen) atoms. The topological polar surface area (TPSA) is 78.5 Å². The molecule has 0 amide bonds. The van der Waals surface area contributed by atoms with Crippen molar-refractivity contribution in [2.24, 2.45) is 5.73 Å². The highest BCUT2D eigenvalue weighted by molar-refractivity contribution is 7.80. The normalized spacial score (nSPS) is 12.1. The second-order valence-electron chi connectivity index (χ2n) is 3.26.